The van der Waals surface area contributed by atoms with Gasteiger partial charge in [0, 0.05) is 53.5 Å². The van der Waals surface area contributed by atoms with Crippen LogP contribution in [0.15, 0.2) is 43.2 Å². The number of hydrogen-bond acceptors (Lipinski definition) is 8. The quantitative estimate of drug-likeness (QED) is 0.190. The van der Waals surface area contributed by atoms with Gasteiger partial charge in [-0.05, 0) is 73.8 Å². The van der Waals surface area contributed by atoms with Gasteiger partial charge in [-0.25, -0.2) is 9.97 Å². The number of carbonyl (C=O) groups is 1. The molecule has 4 heterocycles. The first kappa shape index (κ1) is 31.6. The van der Waals surface area contributed by atoms with Crippen LogP contribution in [0.5, 0.6) is 0 Å². The van der Waals surface area contributed by atoms with Crippen molar-refractivity contribution in [2.75, 3.05) is 18.4 Å². The lowest BCUT2D eigenvalue weighted by Gasteiger charge is -2.71. The molecule has 3 aromatic heterocycles. The lowest BCUT2D eigenvalue weighted by atomic mass is 9.39. The van der Waals surface area contributed by atoms with Gasteiger partial charge in [0.05, 0.1) is 11.8 Å². The molecule has 9 nitrogen and oxygen atoms in total. The molecule has 8 rings (SSSR count). The van der Waals surface area contributed by atoms with Crippen LogP contribution in [0.1, 0.15) is 53.8 Å². The van der Waals surface area contributed by atoms with Crippen LogP contribution < -0.4 is 16.4 Å². The minimum absolute atomic E-state index is 0.0837. The third-order valence-electron chi connectivity index (χ3n) is 10.2. The number of aromatic nitrogens is 3. The number of likely N-dealkylation sites (tertiary alicyclic amines) is 1. The highest BCUT2D eigenvalue weighted by Gasteiger charge is 2.68. The molecule has 0 spiro atoms. The fourth-order valence-corrected chi connectivity index (χ4v) is 9.04. The fourth-order valence-electron chi connectivity index (χ4n) is 8.02. The smallest absolute Gasteiger partial charge is 0.367 e. The summed E-state index contributed by atoms with van der Waals surface area (Å²) in [6, 6.07) is 9.73. The molecule has 13 heteroatoms. The van der Waals surface area contributed by atoms with Crippen molar-refractivity contribution in [3.05, 3.63) is 64.9 Å². The van der Waals surface area contributed by atoms with E-state index in [9.17, 15) is 23.2 Å². The van der Waals surface area contributed by atoms with Gasteiger partial charge in [0.25, 0.3) is 0 Å². The van der Waals surface area contributed by atoms with E-state index < -0.39 is 18.6 Å². The maximum absolute atomic E-state index is 12.9. The Balaban J connectivity index is 0.979. The molecule has 1 aromatic carbocycles. The summed E-state index contributed by atoms with van der Waals surface area (Å²) in [4.78, 5) is 24.0. The molecular weight excluding hydrogens is 625 g/mol. The summed E-state index contributed by atoms with van der Waals surface area (Å²) < 4.78 is 41.0. The number of alkyl halides is 3. The lowest BCUT2D eigenvalue weighted by Crippen LogP contribution is -2.76. The van der Waals surface area contributed by atoms with Crippen molar-refractivity contribution in [3.8, 4) is 6.07 Å². The second-order valence-corrected chi connectivity index (χ2v) is 14.8. The zero-order chi connectivity index (χ0) is 33.1. The monoisotopic (exact) mass is 662 g/mol. The van der Waals surface area contributed by atoms with Crippen LogP contribution in [-0.2, 0) is 24.3 Å². The van der Waals surface area contributed by atoms with E-state index in [-0.39, 0.29) is 27.8 Å². The highest BCUT2D eigenvalue weighted by Crippen LogP contribution is 2.68. The molecule has 0 unspecified atom stereocenters. The number of carbonyl (C=O) groups excluding carboxylic acids is 1. The number of nitrogens with two attached hydrogens (primary N) is 1. The Morgan fingerprint density at radius 1 is 1.23 bits per heavy atom. The van der Waals surface area contributed by atoms with Crippen LogP contribution in [0.3, 0.4) is 0 Å². The molecule has 3 saturated carbocycles. The summed E-state index contributed by atoms with van der Waals surface area (Å²) in [7, 11) is 0. The van der Waals surface area contributed by atoms with Gasteiger partial charge in [-0.1, -0.05) is 12.1 Å². The van der Waals surface area contributed by atoms with Gasteiger partial charge in [-0.2, -0.15) is 18.4 Å². The highest BCUT2D eigenvalue weighted by atomic mass is 32.1. The number of benzene rings is 1. The van der Waals surface area contributed by atoms with Gasteiger partial charge in [0.2, 0.25) is 5.91 Å². The second kappa shape index (κ2) is 11.6. The number of rotatable bonds is 10. The first-order valence-electron chi connectivity index (χ1n) is 15.9. The normalized spacial score (nSPS) is 23.6. The number of fused-ring (bicyclic) bond motifs is 2. The summed E-state index contributed by atoms with van der Waals surface area (Å²) in [6.07, 6.45) is 2.05. The number of piperidine rings is 1. The van der Waals surface area contributed by atoms with Crippen molar-refractivity contribution in [2.24, 2.45) is 11.1 Å². The molecule has 47 heavy (non-hydrogen) atoms. The van der Waals surface area contributed by atoms with Crippen LogP contribution >= 0.6 is 11.3 Å². The lowest BCUT2D eigenvalue weighted by molar-refractivity contribution is -0.171. The minimum Gasteiger partial charge on any atom is -0.367 e. The van der Waals surface area contributed by atoms with E-state index in [2.05, 4.69) is 61.8 Å². The van der Waals surface area contributed by atoms with Gasteiger partial charge in [0.15, 0.2) is 0 Å². The number of nitriles is 1. The number of nitrogens with one attached hydrogen (secondary N) is 2. The van der Waals surface area contributed by atoms with E-state index in [1.807, 2.05) is 6.07 Å². The zero-order valence-corrected chi connectivity index (χ0v) is 27.0. The molecule has 0 radical (unpaired) electrons. The van der Waals surface area contributed by atoms with Crippen molar-refractivity contribution in [2.45, 2.75) is 82.3 Å². The van der Waals surface area contributed by atoms with Crippen molar-refractivity contribution < 1.29 is 18.0 Å². The predicted molar refractivity (Wildman–Crippen MR) is 176 cm³/mol. The molecule has 2 bridgehead atoms. The molecular formula is C34H37F3N8OS. The van der Waals surface area contributed by atoms with E-state index in [0.717, 1.165) is 80.5 Å². The molecule has 1 atom stereocenters. The van der Waals surface area contributed by atoms with Crippen LogP contribution in [0.4, 0.5) is 19.0 Å². The first-order chi connectivity index (χ1) is 22.4. The number of nitrogens with zero attached hydrogens (tertiary/aromatic N) is 5. The van der Waals surface area contributed by atoms with Gasteiger partial charge >= 0.3 is 6.18 Å². The summed E-state index contributed by atoms with van der Waals surface area (Å²) in [6.45, 7) is 9.01. The number of halogens is 3. The van der Waals surface area contributed by atoms with E-state index in [0.29, 0.717) is 21.7 Å². The largest absolute Gasteiger partial charge is 0.393 e. The summed E-state index contributed by atoms with van der Waals surface area (Å²) in [5.41, 5.74) is 9.83. The van der Waals surface area contributed by atoms with E-state index in [1.165, 1.54) is 23.5 Å². The Kier molecular flexibility index (Phi) is 7.81. The van der Waals surface area contributed by atoms with Crippen LogP contribution in [0, 0.1) is 23.7 Å². The SMILES string of the molecule is C=C[C@@H](N)C(=O)NC12CC(Cn3c(C#N)cc4c(C)c(CN5CCC(Nc6ncnc7sc(CC(F)(F)F)cc67)CC5)ccc43)(C1)C2. The highest BCUT2D eigenvalue weighted by molar-refractivity contribution is 7.18. The summed E-state index contributed by atoms with van der Waals surface area (Å²) in [5.74, 6) is 0.404. The Hall–Kier alpha value is -3.99. The van der Waals surface area contributed by atoms with E-state index >= 15 is 0 Å². The first-order valence-corrected chi connectivity index (χ1v) is 16.7. The molecule has 3 aliphatic carbocycles. The van der Waals surface area contributed by atoms with Gasteiger partial charge < -0.3 is 20.9 Å². The molecule has 1 saturated heterocycles. The Morgan fingerprint density at radius 3 is 2.66 bits per heavy atom. The number of aryl methyl sites for hydroxylation is 1. The third kappa shape index (κ3) is 5.98. The summed E-state index contributed by atoms with van der Waals surface area (Å²) >= 11 is 1.06. The molecule has 4 aliphatic rings. The van der Waals surface area contributed by atoms with Crippen LogP contribution in [0.25, 0.3) is 21.1 Å². The molecule has 1 aliphatic heterocycles. The number of hydrogen-bond donors (Lipinski definition) is 3. The minimum atomic E-state index is -4.26. The Morgan fingerprint density at radius 2 is 1.98 bits per heavy atom. The maximum Gasteiger partial charge on any atom is 0.393 e. The van der Waals surface area contributed by atoms with Crippen LogP contribution in [0.2, 0.25) is 0 Å². The van der Waals surface area contributed by atoms with Crippen molar-refractivity contribution in [1.29, 1.82) is 5.26 Å². The van der Waals surface area contributed by atoms with Gasteiger partial charge in [-0.15, -0.1) is 17.9 Å². The van der Waals surface area contributed by atoms with E-state index in [4.69, 9.17) is 5.73 Å². The molecule has 4 aromatic rings. The van der Waals surface area contributed by atoms with Gasteiger partial charge in [-0.3, -0.25) is 9.69 Å². The zero-order valence-electron chi connectivity index (χ0n) is 26.2. The summed E-state index contributed by atoms with van der Waals surface area (Å²) in [5, 5.41) is 18.3. The maximum atomic E-state index is 12.9. The van der Waals surface area contributed by atoms with Gasteiger partial charge in [0.1, 0.15) is 34.8 Å². The topological polar surface area (TPSA) is 125 Å². The number of anilines is 1. The molecule has 1 amide bonds. The Bertz CT molecular complexity index is 1900. The standard InChI is InChI=1S/C34H37F3N8OS/c1-3-27(39)30(46)43-33-15-32(16-33,17-33)18-45-23(13-38)10-25-20(2)21(4-5-28(25)45)14-44-8-6-22(7-9-44)42-29-26-11-24(12-34(35,36)37)47-31(26)41-19-40-29/h3-5,10-11,19,22,27H,1,6-9,12,14-18,39H2,2H3,(H,43,46)(H,40,41,42)/t27-,32?,33?/m1/s1. The average molecular weight is 663 g/mol. The fraction of sp³-hybridized carbons (Fsp3) is 0.471. The Labute approximate surface area is 274 Å². The molecule has 4 N–H and O–H groups in total. The number of amides is 1. The third-order valence-corrected chi connectivity index (χ3v) is 11.3. The van der Waals surface area contributed by atoms with E-state index in [1.54, 1.807) is 6.07 Å². The molecule has 246 valence electrons. The van der Waals surface area contributed by atoms with Crippen molar-refractivity contribution >= 4 is 44.2 Å². The average Bonchev–Trinajstić information content (AvgIpc) is 3.57. The molecule has 4 fully saturated rings. The second-order valence-electron chi connectivity index (χ2n) is 13.7. The van der Waals surface area contributed by atoms with Crippen molar-refractivity contribution in [3.63, 3.8) is 0 Å². The van der Waals surface area contributed by atoms with Crippen LogP contribution in [-0.4, -0.2) is 62.2 Å². The number of thiophene rings is 1. The van der Waals surface area contributed by atoms with Crippen molar-refractivity contribution in [1.82, 2.24) is 24.8 Å². The predicted octanol–water partition coefficient (Wildman–Crippen LogP) is 5.56.